The van der Waals surface area contributed by atoms with E-state index < -0.39 is 141 Å². The molecule has 370 valence electrons. The van der Waals surface area contributed by atoms with Crippen molar-refractivity contribution in [2.24, 2.45) is 23.5 Å². The molecular formula is C47H75NO17. The Hall–Kier alpha value is -3.18. The second kappa shape index (κ2) is 27.6. The van der Waals surface area contributed by atoms with Gasteiger partial charge in [0.1, 0.15) is 18.1 Å². The molecule has 11 unspecified atom stereocenters. The Morgan fingerprint density at radius 2 is 1.28 bits per heavy atom. The third kappa shape index (κ3) is 18.8. The summed E-state index contributed by atoms with van der Waals surface area (Å²) >= 11 is 0. The number of aliphatic hydroxyl groups is 10. The summed E-state index contributed by atoms with van der Waals surface area (Å²) in [6.45, 7) is 6.78. The first kappa shape index (κ1) is 56.1. The first-order chi connectivity index (χ1) is 30.6. The van der Waals surface area contributed by atoms with Gasteiger partial charge in [-0.1, -0.05) is 86.8 Å². The molecule has 0 aromatic heterocycles. The topological polar surface area (TPSA) is 320 Å². The summed E-state index contributed by atoms with van der Waals surface area (Å²) in [5.41, 5.74) is 6.02. The standard InChI is InChI=1S/C47H75NO17/c1-27-17-15-13-11-9-7-5-6-8-10-12-14-16-18-34(64-46-44(58)41(48)43(57)30(4)63-46)24-38-40(45(59)60)37(54)26-47(61,65-38)25-36(53)35(52)20-19-31(49)21-32(50)22-33(51)23-39(55)62-29(3)28(2)42(27)56/h5-6,8,10-18,27-38,40-44,46,49-54,56-58,61H,7,9,19-26,48H2,1-4H3,(H,59,60)/b6-5+,10-8+,13-11+,14-12+,17-15+,18-16+/t27-,28?,29-,30+,31?,32?,33?,34?,35?,36?,37?,38?,40?,41-,42+,43+,44-,46?,47+/m0/s1. The van der Waals surface area contributed by atoms with Crippen LogP contribution in [0.2, 0.25) is 0 Å². The Morgan fingerprint density at radius 1 is 0.692 bits per heavy atom. The van der Waals surface area contributed by atoms with Crippen LogP contribution in [0.25, 0.3) is 0 Å². The normalized spacial score (nSPS) is 45.2. The fraction of sp³-hybridized carbons (Fsp3) is 0.702. The number of carbonyl (C=O) groups excluding carboxylic acids is 1. The number of carbonyl (C=O) groups is 2. The molecule has 18 heteroatoms. The Morgan fingerprint density at radius 3 is 1.94 bits per heavy atom. The van der Waals surface area contributed by atoms with Gasteiger partial charge in [-0.05, 0) is 52.4 Å². The van der Waals surface area contributed by atoms with Gasteiger partial charge in [0.2, 0.25) is 0 Å². The maximum absolute atomic E-state index is 12.6. The van der Waals surface area contributed by atoms with Crippen molar-refractivity contribution in [1.82, 2.24) is 0 Å². The quantitative estimate of drug-likeness (QED) is 0.175. The Labute approximate surface area is 381 Å². The summed E-state index contributed by atoms with van der Waals surface area (Å²) in [5, 5.41) is 118. The van der Waals surface area contributed by atoms with Crippen LogP contribution in [0.5, 0.6) is 0 Å². The molecule has 13 N–H and O–H groups in total. The fourth-order valence-electron chi connectivity index (χ4n) is 8.11. The third-order valence-corrected chi connectivity index (χ3v) is 12.2. The number of ether oxygens (including phenoxy) is 4. The number of carboxylic acids is 1. The number of hydrogen-bond acceptors (Lipinski definition) is 17. The van der Waals surface area contributed by atoms with Gasteiger partial charge in [-0.3, -0.25) is 9.59 Å². The molecule has 0 aromatic carbocycles. The molecule has 0 aromatic rings. The van der Waals surface area contributed by atoms with Crippen LogP contribution in [0.3, 0.4) is 0 Å². The number of rotatable bonds is 3. The second-order valence-electron chi connectivity index (χ2n) is 17.8. The summed E-state index contributed by atoms with van der Waals surface area (Å²) in [6, 6.07) is -1.14. The summed E-state index contributed by atoms with van der Waals surface area (Å²) in [7, 11) is 0. The van der Waals surface area contributed by atoms with Gasteiger partial charge in [0.15, 0.2) is 12.1 Å². The first-order valence-corrected chi connectivity index (χ1v) is 22.6. The fourth-order valence-corrected chi connectivity index (χ4v) is 8.11. The molecule has 3 aliphatic heterocycles. The van der Waals surface area contributed by atoms with Crippen LogP contribution >= 0.6 is 0 Å². The molecular weight excluding hydrogens is 851 g/mol. The maximum Gasteiger partial charge on any atom is 0.311 e. The van der Waals surface area contributed by atoms with Crippen LogP contribution in [-0.4, -0.2) is 166 Å². The molecule has 65 heavy (non-hydrogen) atoms. The van der Waals surface area contributed by atoms with Crippen LogP contribution in [-0.2, 0) is 28.5 Å². The number of aliphatic hydroxyl groups excluding tert-OH is 9. The molecule has 18 nitrogen and oxygen atoms in total. The molecule has 2 bridgehead atoms. The molecule has 2 saturated heterocycles. The van der Waals surface area contributed by atoms with Crippen LogP contribution in [0, 0.1) is 17.8 Å². The van der Waals surface area contributed by atoms with Gasteiger partial charge in [-0.25, -0.2) is 0 Å². The van der Waals surface area contributed by atoms with Gasteiger partial charge in [0.05, 0.1) is 79.6 Å². The van der Waals surface area contributed by atoms with Gasteiger partial charge in [0.25, 0.3) is 0 Å². The van der Waals surface area contributed by atoms with Crippen molar-refractivity contribution in [3.8, 4) is 0 Å². The summed E-state index contributed by atoms with van der Waals surface area (Å²) in [6.07, 6.45) is 2.28. The lowest BCUT2D eigenvalue weighted by molar-refractivity contribution is -0.310. The number of esters is 1. The van der Waals surface area contributed by atoms with E-state index in [1.807, 2.05) is 49.5 Å². The van der Waals surface area contributed by atoms with Crippen molar-refractivity contribution in [2.75, 3.05) is 0 Å². The molecule has 2 fully saturated rings. The molecule has 0 radical (unpaired) electrons. The van der Waals surface area contributed by atoms with Gasteiger partial charge >= 0.3 is 11.9 Å². The van der Waals surface area contributed by atoms with E-state index in [0.29, 0.717) is 0 Å². The molecule has 3 rings (SSSR count). The molecule has 19 atom stereocenters. The van der Waals surface area contributed by atoms with Gasteiger partial charge in [-0.15, -0.1) is 0 Å². The molecule has 0 spiro atoms. The monoisotopic (exact) mass is 926 g/mol. The summed E-state index contributed by atoms with van der Waals surface area (Å²) in [4.78, 5) is 25.1. The van der Waals surface area contributed by atoms with Crippen molar-refractivity contribution in [3.05, 3.63) is 72.9 Å². The Bertz CT molecular complexity index is 1620. The third-order valence-electron chi connectivity index (χ3n) is 12.2. The number of nitrogens with two attached hydrogens (primary N) is 1. The zero-order valence-electron chi connectivity index (χ0n) is 37.8. The van der Waals surface area contributed by atoms with E-state index in [2.05, 4.69) is 0 Å². The zero-order chi connectivity index (χ0) is 48.4. The number of carboxylic acid groups (broad SMARTS) is 1. The van der Waals surface area contributed by atoms with Crippen molar-refractivity contribution in [1.29, 1.82) is 0 Å². The maximum atomic E-state index is 12.6. The molecule has 0 aliphatic carbocycles. The van der Waals surface area contributed by atoms with Crippen LogP contribution < -0.4 is 5.73 Å². The molecule has 0 saturated carbocycles. The minimum absolute atomic E-state index is 0.138. The van der Waals surface area contributed by atoms with E-state index in [4.69, 9.17) is 24.7 Å². The van der Waals surface area contributed by atoms with Crippen LogP contribution in [0.1, 0.15) is 91.9 Å². The minimum Gasteiger partial charge on any atom is -0.481 e. The number of allylic oxidation sites excluding steroid dienone is 10. The number of aliphatic carboxylic acids is 1. The van der Waals surface area contributed by atoms with E-state index in [0.717, 1.165) is 12.8 Å². The van der Waals surface area contributed by atoms with Crippen molar-refractivity contribution >= 4 is 11.9 Å². The average molecular weight is 926 g/mol. The van der Waals surface area contributed by atoms with E-state index >= 15 is 0 Å². The van der Waals surface area contributed by atoms with E-state index in [1.165, 1.54) is 13.0 Å². The number of fused-ring (bicyclic) bond motifs is 2. The smallest absolute Gasteiger partial charge is 0.311 e. The second-order valence-corrected chi connectivity index (χ2v) is 17.8. The lowest BCUT2D eigenvalue weighted by atomic mass is 9.82. The Balaban J connectivity index is 1.84. The van der Waals surface area contributed by atoms with Gasteiger partial charge in [-0.2, -0.15) is 0 Å². The van der Waals surface area contributed by atoms with Gasteiger partial charge < -0.3 is 80.9 Å². The lowest BCUT2D eigenvalue weighted by Gasteiger charge is -2.45. The van der Waals surface area contributed by atoms with Gasteiger partial charge in [0, 0.05) is 31.1 Å². The summed E-state index contributed by atoms with van der Waals surface area (Å²) in [5.74, 6) is -6.82. The van der Waals surface area contributed by atoms with E-state index in [1.54, 1.807) is 38.2 Å². The largest absolute Gasteiger partial charge is 0.481 e. The molecule has 0 amide bonds. The molecule has 3 aliphatic rings. The highest BCUT2D eigenvalue weighted by atomic mass is 16.7. The Kier molecular flexibility index (Phi) is 23.8. The number of cyclic esters (lactones) is 1. The van der Waals surface area contributed by atoms with E-state index in [-0.39, 0.29) is 38.0 Å². The minimum atomic E-state index is -2.35. The van der Waals surface area contributed by atoms with Crippen LogP contribution in [0.15, 0.2) is 72.9 Å². The highest BCUT2D eigenvalue weighted by Gasteiger charge is 2.51. The summed E-state index contributed by atoms with van der Waals surface area (Å²) < 4.78 is 23.2. The van der Waals surface area contributed by atoms with Crippen molar-refractivity contribution < 1.29 is 84.7 Å². The predicted molar refractivity (Wildman–Crippen MR) is 237 cm³/mol. The lowest BCUT2D eigenvalue weighted by Crippen LogP contribution is -2.61. The molecule has 3 heterocycles. The zero-order valence-corrected chi connectivity index (χ0v) is 37.8. The van der Waals surface area contributed by atoms with Crippen molar-refractivity contribution in [3.63, 3.8) is 0 Å². The van der Waals surface area contributed by atoms with Crippen molar-refractivity contribution in [2.45, 2.75) is 189 Å². The van der Waals surface area contributed by atoms with Crippen LogP contribution in [0.4, 0.5) is 0 Å². The first-order valence-electron chi connectivity index (χ1n) is 22.6. The van der Waals surface area contributed by atoms with E-state index in [9.17, 15) is 65.8 Å². The number of hydrogen-bond donors (Lipinski definition) is 12. The average Bonchev–Trinajstić information content (AvgIpc) is 3.21. The highest BCUT2D eigenvalue weighted by Crippen LogP contribution is 2.38. The predicted octanol–water partition coefficient (Wildman–Crippen LogP) is 0.936. The SMILES string of the molecule is CC1[C@H](C)OC(=O)CC(O)CC(O)CC(O)CCC(O)C(O)C[C@]2(O)CC(O)C(C(=O)O)C(CC(OC3O[C@H](C)[C@@H](O)[C@H](N)[C@@H]3O)/C=C/C=C/C=C/C=C/CC/C=C/C=C/[C@H](C)[C@H]1O)O2. The highest BCUT2D eigenvalue weighted by molar-refractivity contribution is 5.71.